The van der Waals surface area contributed by atoms with E-state index in [4.69, 9.17) is 0 Å². The summed E-state index contributed by atoms with van der Waals surface area (Å²) < 4.78 is 1.42. The van der Waals surface area contributed by atoms with Crippen molar-refractivity contribution in [2.24, 2.45) is 0 Å². The Morgan fingerprint density at radius 3 is 1.30 bits per heavy atom. The molecule has 1 rings (SSSR count). The largest absolute Gasteiger partial charge is 0.324 e. The quantitative estimate of drug-likeness (QED) is 0.111. The van der Waals surface area contributed by atoms with Gasteiger partial charge in [0.15, 0.2) is 0 Å². The highest BCUT2D eigenvalue weighted by molar-refractivity contribution is 4.78. The Labute approximate surface area is 169 Å². The zero-order chi connectivity index (χ0) is 20.4. The molecule has 1 saturated carbocycles. The molecule has 0 N–H and O–H groups in total. The van der Waals surface area contributed by atoms with E-state index >= 15 is 0 Å². The van der Waals surface area contributed by atoms with E-state index in [1.54, 1.807) is 0 Å². The molecule has 0 unspecified atom stereocenters. The van der Waals surface area contributed by atoms with E-state index < -0.39 is 0 Å². The summed E-state index contributed by atoms with van der Waals surface area (Å²) in [4.78, 5) is 10.1. The summed E-state index contributed by atoms with van der Waals surface area (Å²) in [5, 5.41) is 10.3. The number of hydrogen-bond donors (Lipinski definition) is 0. The third kappa shape index (κ3) is 13.1. The van der Waals surface area contributed by atoms with Crippen molar-refractivity contribution in [3.63, 3.8) is 0 Å². The number of hydrogen-bond acceptors (Lipinski definition) is 2. The van der Waals surface area contributed by atoms with Crippen molar-refractivity contribution in [1.29, 1.82) is 0 Å². The van der Waals surface area contributed by atoms with Crippen molar-refractivity contribution in [3.05, 3.63) is 16.2 Å². The lowest BCUT2D eigenvalue weighted by Crippen LogP contribution is -2.50. The molecule has 0 amide bonds. The Hall–Kier alpha value is -0.770. The number of nitrogens with zero attached hydrogens (tertiary/aromatic N) is 2. The van der Waals surface area contributed by atoms with Crippen LogP contribution in [-0.4, -0.2) is 35.6 Å². The fourth-order valence-corrected chi connectivity index (χ4v) is 3.96. The van der Waals surface area contributed by atoms with Gasteiger partial charge in [0.1, 0.15) is 0 Å². The highest BCUT2D eigenvalue weighted by Gasteiger charge is 2.24. The van der Waals surface area contributed by atoms with Gasteiger partial charge in [-0.25, -0.2) is 0 Å². The molecule has 4 heteroatoms. The lowest BCUT2D eigenvalue weighted by Gasteiger charge is -2.39. The zero-order valence-electron chi connectivity index (χ0n) is 18.9. The van der Waals surface area contributed by atoms with E-state index in [1.807, 2.05) is 0 Å². The standard InChI is InChI=1S/C16H36N.C7H12NO2/c1-5-9-13-17(14-10-6-2,15-11-7-3)16-12-8-4;9-8(10)7-5-3-1-2-4-6-7/h5-16H2,1-4H3;1-6H2/q+1;-1. The summed E-state index contributed by atoms with van der Waals surface area (Å²) in [6, 6.07) is 0.539. The van der Waals surface area contributed by atoms with Crippen LogP contribution in [0.4, 0.5) is 0 Å². The molecule has 0 heterocycles. The molecule has 0 radical (unpaired) electrons. The molecule has 0 atom stereocenters. The molecular weight excluding hydrogens is 336 g/mol. The summed E-state index contributed by atoms with van der Waals surface area (Å²) >= 11 is 0. The molecule has 0 saturated heterocycles. The van der Waals surface area contributed by atoms with Crippen molar-refractivity contribution >= 4 is 0 Å². The Balaban J connectivity index is 0.000000569. The first-order valence-electron chi connectivity index (χ1n) is 11.9. The highest BCUT2D eigenvalue weighted by atomic mass is 16.6. The van der Waals surface area contributed by atoms with Gasteiger partial charge in [-0.15, -0.1) is 17.8 Å². The molecule has 1 aliphatic carbocycles. The van der Waals surface area contributed by atoms with Gasteiger partial charge in [0.2, 0.25) is 0 Å². The Kier molecular flexibility index (Phi) is 16.8. The molecule has 0 aromatic heterocycles. The van der Waals surface area contributed by atoms with Gasteiger partial charge in [-0.05, 0) is 31.7 Å². The predicted octanol–water partition coefficient (Wildman–Crippen LogP) is 7.15. The van der Waals surface area contributed by atoms with Crippen LogP contribution in [0.3, 0.4) is 0 Å². The Bertz CT molecular complexity index is 302. The minimum atomic E-state index is -0.203. The average molecular weight is 385 g/mol. The van der Waals surface area contributed by atoms with Crippen molar-refractivity contribution < 1.29 is 9.41 Å². The third-order valence-electron chi connectivity index (χ3n) is 5.88. The second kappa shape index (κ2) is 17.3. The molecule has 4 nitrogen and oxygen atoms in total. The van der Waals surface area contributed by atoms with E-state index in [1.165, 1.54) is 82.0 Å². The van der Waals surface area contributed by atoms with Crippen LogP contribution in [0, 0.1) is 16.2 Å². The summed E-state index contributed by atoms with van der Waals surface area (Å²) in [7, 11) is 0. The molecule has 0 spiro atoms. The van der Waals surface area contributed by atoms with Crippen LogP contribution >= 0.6 is 0 Å². The predicted molar refractivity (Wildman–Crippen MR) is 117 cm³/mol. The summed E-state index contributed by atoms with van der Waals surface area (Å²) in [6.07, 6.45) is 16.8. The second-order valence-corrected chi connectivity index (χ2v) is 8.39. The van der Waals surface area contributed by atoms with Crippen molar-refractivity contribution in [1.82, 2.24) is 0 Å². The van der Waals surface area contributed by atoms with Crippen LogP contribution in [0.1, 0.15) is 118 Å². The van der Waals surface area contributed by atoms with Crippen molar-refractivity contribution in [2.45, 2.75) is 118 Å². The average Bonchev–Trinajstić information content (AvgIpc) is 2.97. The fraction of sp³-hybridized carbons (Fsp3) is 0.957. The van der Waals surface area contributed by atoms with E-state index in [-0.39, 0.29) is 4.92 Å². The molecule has 1 fully saturated rings. The summed E-state index contributed by atoms with van der Waals surface area (Å²) in [5.41, 5.74) is 0. The lowest BCUT2D eigenvalue weighted by molar-refractivity contribution is -0.929. The Morgan fingerprint density at radius 1 is 0.704 bits per heavy atom. The molecule has 27 heavy (non-hydrogen) atoms. The van der Waals surface area contributed by atoms with E-state index in [0.29, 0.717) is 18.9 Å². The molecule has 0 bridgehead atoms. The van der Waals surface area contributed by atoms with Crippen molar-refractivity contribution in [2.75, 3.05) is 26.2 Å². The topological polar surface area (TPSA) is 43.1 Å². The van der Waals surface area contributed by atoms with Gasteiger partial charge in [0.05, 0.1) is 26.2 Å². The van der Waals surface area contributed by atoms with Crippen LogP contribution in [0.25, 0.3) is 0 Å². The maximum atomic E-state index is 10.3. The maximum absolute atomic E-state index is 10.3. The van der Waals surface area contributed by atoms with Crippen LogP contribution in [-0.2, 0) is 0 Å². The minimum absolute atomic E-state index is 0.203. The maximum Gasteiger partial charge on any atom is 0.0786 e. The molecule has 0 aromatic carbocycles. The number of rotatable bonds is 13. The Morgan fingerprint density at radius 2 is 1.04 bits per heavy atom. The first-order valence-corrected chi connectivity index (χ1v) is 11.9. The van der Waals surface area contributed by atoms with Gasteiger partial charge in [-0.3, -0.25) is 10.1 Å². The monoisotopic (exact) mass is 384 g/mol. The van der Waals surface area contributed by atoms with Gasteiger partial charge >= 0.3 is 0 Å². The van der Waals surface area contributed by atoms with Gasteiger partial charge in [0.25, 0.3) is 0 Å². The van der Waals surface area contributed by atoms with Crippen LogP contribution in [0.2, 0.25) is 0 Å². The lowest BCUT2D eigenvalue weighted by atomic mass is 10.1. The molecule has 0 aromatic rings. The van der Waals surface area contributed by atoms with Crippen molar-refractivity contribution in [3.8, 4) is 0 Å². The summed E-state index contributed by atoms with van der Waals surface area (Å²) in [6.45, 7) is 15.0. The van der Waals surface area contributed by atoms with Gasteiger partial charge < -0.3 is 4.48 Å². The first kappa shape index (κ1) is 26.2. The second-order valence-electron chi connectivity index (χ2n) is 8.39. The molecule has 162 valence electrons. The molecule has 0 aliphatic heterocycles. The normalized spacial score (nSPS) is 15.0. The van der Waals surface area contributed by atoms with Crippen LogP contribution in [0.5, 0.6) is 0 Å². The van der Waals surface area contributed by atoms with Gasteiger partial charge in [-0.2, -0.15) is 0 Å². The van der Waals surface area contributed by atoms with Gasteiger partial charge in [0, 0.05) is 0 Å². The highest BCUT2D eigenvalue weighted by Crippen LogP contribution is 2.24. The third-order valence-corrected chi connectivity index (χ3v) is 5.88. The van der Waals surface area contributed by atoms with Crippen LogP contribution in [0.15, 0.2) is 0 Å². The van der Waals surface area contributed by atoms with E-state index in [9.17, 15) is 10.1 Å². The fourth-order valence-electron chi connectivity index (χ4n) is 3.96. The van der Waals surface area contributed by atoms with Crippen LogP contribution < -0.4 is 0 Å². The first-order chi connectivity index (χ1) is 13.0. The smallest absolute Gasteiger partial charge is 0.0786 e. The minimum Gasteiger partial charge on any atom is -0.324 e. The van der Waals surface area contributed by atoms with Gasteiger partial charge in [-0.1, -0.05) is 79.1 Å². The number of nitro groups is 1. The SMILES string of the molecule is CCCC[N+](CCCC)(CCCC)CCCC.O=[N+]([O-])[C-]1CCCCCC1. The summed E-state index contributed by atoms with van der Waals surface area (Å²) in [5.74, 6) is 0. The molecule has 1 aliphatic rings. The molecular formula is C23H48N2O2. The van der Waals surface area contributed by atoms with E-state index in [2.05, 4.69) is 27.7 Å². The zero-order valence-corrected chi connectivity index (χ0v) is 18.9. The van der Waals surface area contributed by atoms with E-state index in [0.717, 1.165) is 25.7 Å². The number of unbranched alkanes of at least 4 members (excludes halogenated alkanes) is 4. The number of quaternary nitrogens is 1.